The molecule has 0 unspecified atom stereocenters. The summed E-state index contributed by atoms with van der Waals surface area (Å²) in [6.45, 7) is 1.24. The van der Waals surface area contributed by atoms with Crippen molar-refractivity contribution in [3.8, 4) is 5.88 Å². The zero-order chi connectivity index (χ0) is 16.2. The number of aromatic nitrogens is 3. The Labute approximate surface area is 138 Å². The monoisotopic (exact) mass is 333 g/mol. The highest BCUT2D eigenvalue weighted by Crippen LogP contribution is 2.22. The van der Waals surface area contributed by atoms with E-state index in [9.17, 15) is 4.79 Å². The van der Waals surface area contributed by atoms with Crippen molar-refractivity contribution in [2.75, 3.05) is 25.5 Å². The van der Waals surface area contributed by atoms with Gasteiger partial charge in [0.1, 0.15) is 10.7 Å². The van der Waals surface area contributed by atoms with Crippen LogP contribution in [0.15, 0.2) is 30.6 Å². The van der Waals surface area contributed by atoms with Gasteiger partial charge in [0.25, 0.3) is 5.91 Å². The van der Waals surface area contributed by atoms with Crippen LogP contribution in [0.25, 0.3) is 0 Å². The third-order valence-corrected chi connectivity index (χ3v) is 3.86. The molecule has 1 atom stereocenters. The molecule has 0 aromatic carbocycles. The Bertz CT molecular complexity index is 698. The molecule has 23 heavy (non-hydrogen) atoms. The summed E-state index contributed by atoms with van der Waals surface area (Å²) in [7, 11) is 1.50. The molecule has 0 saturated carbocycles. The Hall–Kier alpha value is -2.41. The number of likely N-dealkylation sites (tertiary alicyclic amines) is 1. The molecule has 2 aromatic rings. The predicted molar refractivity (Wildman–Crippen MR) is 85.8 cm³/mol. The highest BCUT2D eigenvalue weighted by atomic mass is 35.5. The van der Waals surface area contributed by atoms with E-state index in [-0.39, 0.29) is 11.9 Å². The van der Waals surface area contributed by atoms with Crippen LogP contribution in [0.2, 0.25) is 5.02 Å². The lowest BCUT2D eigenvalue weighted by atomic mass is 10.3. The minimum atomic E-state index is -0.0653. The highest BCUT2D eigenvalue weighted by molar-refractivity contribution is 6.31. The number of anilines is 1. The van der Waals surface area contributed by atoms with Gasteiger partial charge >= 0.3 is 0 Å². The second kappa shape index (κ2) is 6.78. The van der Waals surface area contributed by atoms with Gasteiger partial charge in [0.15, 0.2) is 0 Å². The van der Waals surface area contributed by atoms with Gasteiger partial charge in [-0.2, -0.15) is 4.98 Å². The van der Waals surface area contributed by atoms with Gasteiger partial charge in [-0.15, -0.1) is 0 Å². The van der Waals surface area contributed by atoms with Gasteiger partial charge in [-0.1, -0.05) is 17.7 Å². The first-order chi connectivity index (χ1) is 11.2. The second-order valence-corrected chi connectivity index (χ2v) is 5.55. The summed E-state index contributed by atoms with van der Waals surface area (Å²) in [6.07, 6.45) is 3.92. The second-order valence-electron chi connectivity index (χ2n) is 5.15. The Morgan fingerprint density at radius 1 is 1.43 bits per heavy atom. The molecule has 1 amide bonds. The molecule has 0 bridgehead atoms. The van der Waals surface area contributed by atoms with Crippen LogP contribution in [0.5, 0.6) is 5.88 Å². The van der Waals surface area contributed by atoms with Crippen LogP contribution in [0.4, 0.5) is 5.95 Å². The van der Waals surface area contributed by atoms with Gasteiger partial charge in [0, 0.05) is 25.3 Å². The molecular weight excluding hydrogens is 318 g/mol. The zero-order valence-corrected chi connectivity index (χ0v) is 13.3. The van der Waals surface area contributed by atoms with Gasteiger partial charge in [0.05, 0.1) is 13.3 Å². The molecule has 0 radical (unpaired) electrons. The summed E-state index contributed by atoms with van der Waals surface area (Å²) in [5.41, 5.74) is 0.456. The summed E-state index contributed by atoms with van der Waals surface area (Å²) < 4.78 is 5.07. The molecule has 1 N–H and O–H groups in total. The molecule has 2 aromatic heterocycles. The van der Waals surface area contributed by atoms with E-state index in [1.165, 1.54) is 13.3 Å². The van der Waals surface area contributed by atoms with E-state index in [0.29, 0.717) is 35.6 Å². The SMILES string of the molecule is COc1nc(N[C@@H]2CCN(C(=O)c3ccccn3)C2)ncc1Cl. The number of methoxy groups -OCH3 is 1. The number of ether oxygens (including phenoxy) is 1. The lowest BCUT2D eigenvalue weighted by Crippen LogP contribution is -2.32. The van der Waals surface area contributed by atoms with Gasteiger partial charge < -0.3 is 15.0 Å². The molecule has 8 heteroatoms. The largest absolute Gasteiger partial charge is 0.480 e. The van der Waals surface area contributed by atoms with Gasteiger partial charge in [-0.05, 0) is 18.6 Å². The van der Waals surface area contributed by atoms with Crippen molar-refractivity contribution in [2.45, 2.75) is 12.5 Å². The van der Waals surface area contributed by atoms with Crippen molar-refractivity contribution in [3.05, 3.63) is 41.3 Å². The maximum absolute atomic E-state index is 12.4. The number of nitrogens with one attached hydrogen (secondary N) is 1. The van der Waals surface area contributed by atoms with Crippen molar-refractivity contribution < 1.29 is 9.53 Å². The van der Waals surface area contributed by atoms with Gasteiger partial charge in [-0.25, -0.2) is 4.98 Å². The van der Waals surface area contributed by atoms with E-state index in [4.69, 9.17) is 16.3 Å². The van der Waals surface area contributed by atoms with Crippen LogP contribution >= 0.6 is 11.6 Å². The van der Waals surface area contributed by atoms with Crippen molar-refractivity contribution in [2.24, 2.45) is 0 Å². The molecular formula is C15H16ClN5O2. The minimum absolute atomic E-state index is 0.0653. The number of pyridine rings is 1. The Kier molecular flexibility index (Phi) is 4.57. The third kappa shape index (κ3) is 3.50. The molecule has 0 spiro atoms. The lowest BCUT2D eigenvalue weighted by Gasteiger charge is -2.16. The number of nitrogens with zero attached hydrogens (tertiary/aromatic N) is 4. The van der Waals surface area contributed by atoms with Gasteiger partial charge in [-0.3, -0.25) is 9.78 Å². The molecule has 0 aliphatic carbocycles. The number of amides is 1. The average Bonchev–Trinajstić information content (AvgIpc) is 3.05. The van der Waals surface area contributed by atoms with E-state index in [0.717, 1.165) is 6.42 Å². The number of carbonyl (C=O) groups is 1. The van der Waals surface area contributed by atoms with E-state index in [1.54, 1.807) is 29.3 Å². The molecule has 120 valence electrons. The average molecular weight is 334 g/mol. The molecule has 1 aliphatic rings. The maximum Gasteiger partial charge on any atom is 0.272 e. The van der Waals surface area contributed by atoms with Crippen LogP contribution in [-0.4, -0.2) is 52.0 Å². The number of hydrogen-bond donors (Lipinski definition) is 1. The van der Waals surface area contributed by atoms with Crippen LogP contribution < -0.4 is 10.1 Å². The Balaban J connectivity index is 1.63. The smallest absolute Gasteiger partial charge is 0.272 e. The number of halogens is 1. The summed E-state index contributed by atoms with van der Waals surface area (Å²) >= 11 is 5.91. The molecule has 1 saturated heterocycles. The molecule has 1 fully saturated rings. The minimum Gasteiger partial charge on any atom is -0.480 e. The first-order valence-corrected chi connectivity index (χ1v) is 7.58. The van der Waals surface area contributed by atoms with Crippen molar-refractivity contribution in [3.63, 3.8) is 0 Å². The summed E-state index contributed by atoms with van der Waals surface area (Å²) in [6, 6.07) is 5.39. The number of rotatable bonds is 4. The van der Waals surface area contributed by atoms with Crippen LogP contribution in [0.3, 0.4) is 0 Å². The highest BCUT2D eigenvalue weighted by Gasteiger charge is 2.28. The van der Waals surface area contributed by atoms with E-state index in [1.807, 2.05) is 0 Å². The van der Waals surface area contributed by atoms with Crippen LogP contribution in [-0.2, 0) is 0 Å². The topological polar surface area (TPSA) is 80.2 Å². The summed E-state index contributed by atoms with van der Waals surface area (Å²) in [4.78, 5) is 26.5. The summed E-state index contributed by atoms with van der Waals surface area (Å²) in [5, 5.41) is 3.56. The molecule has 1 aliphatic heterocycles. The molecule has 3 rings (SSSR count). The van der Waals surface area contributed by atoms with E-state index >= 15 is 0 Å². The van der Waals surface area contributed by atoms with Crippen LogP contribution in [0.1, 0.15) is 16.9 Å². The van der Waals surface area contributed by atoms with Crippen molar-refractivity contribution >= 4 is 23.5 Å². The fourth-order valence-electron chi connectivity index (χ4n) is 2.46. The van der Waals surface area contributed by atoms with E-state index in [2.05, 4.69) is 20.3 Å². The Morgan fingerprint density at radius 2 is 2.30 bits per heavy atom. The third-order valence-electron chi connectivity index (χ3n) is 3.60. The lowest BCUT2D eigenvalue weighted by molar-refractivity contribution is 0.0786. The predicted octanol–water partition coefficient (Wildman–Crippen LogP) is 1.86. The Morgan fingerprint density at radius 3 is 3.04 bits per heavy atom. The molecule has 7 nitrogen and oxygen atoms in total. The van der Waals surface area contributed by atoms with Gasteiger partial charge in [0.2, 0.25) is 11.8 Å². The zero-order valence-electron chi connectivity index (χ0n) is 12.6. The molecule has 3 heterocycles. The number of hydrogen-bond acceptors (Lipinski definition) is 6. The number of carbonyl (C=O) groups excluding carboxylic acids is 1. The quantitative estimate of drug-likeness (QED) is 0.920. The maximum atomic E-state index is 12.4. The summed E-state index contributed by atoms with van der Waals surface area (Å²) in [5.74, 6) is 0.691. The fourth-order valence-corrected chi connectivity index (χ4v) is 2.63. The van der Waals surface area contributed by atoms with Crippen LogP contribution in [0, 0.1) is 0 Å². The fraction of sp³-hybridized carbons (Fsp3) is 0.333. The normalized spacial score (nSPS) is 17.1. The van der Waals surface area contributed by atoms with E-state index < -0.39 is 0 Å². The first kappa shape index (κ1) is 15.5. The van der Waals surface area contributed by atoms with Crippen molar-refractivity contribution in [1.82, 2.24) is 19.9 Å². The standard InChI is InChI=1S/C15H16ClN5O2/c1-23-13-11(16)8-18-15(20-13)19-10-5-7-21(9-10)14(22)12-4-2-3-6-17-12/h2-4,6,8,10H,5,7,9H2,1H3,(H,18,19,20)/t10-/m1/s1. The first-order valence-electron chi connectivity index (χ1n) is 7.20. The van der Waals surface area contributed by atoms with Crippen molar-refractivity contribution in [1.29, 1.82) is 0 Å².